The third-order valence-electron chi connectivity index (χ3n) is 4.67. The Balaban J connectivity index is 1.45. The van der Waals surface area contributed by atoms with Crippen molar-refractivity contribution in [2.75, 3.05) is 13.2 Å². The van der Waals surface area contributed by atoms with Gasteiger partial charge in [0, 0.05) is 11.9 Å². The number of fused-ring (bicyclic) bond motifs is 1. The van der Waals surface area contributed by atoms with Gasteiger partial charge < -0.3 is 14.1 Å². The molecule has 0 aromatic carbocycles. The highest BCUT2D eigenvalue weighted by Crippen LogP contribution is 2.29. The quantitative estimate of drug-likeness (QED) is 0.866. The van der Waals surface area contributed by atoms with Crippen molar-refractivity contribution >= 4 is 17.2 Å². The molecule has 23 heavy (non-hydrogen) atoms. The third kappa shape index (κ3) is 3.05. The Bertz CT molecular complexity index is 665. The Hall–Kier alpha value is -1.66. The summed E-state index contributed by atoms with van der Waals surface area (Å²) in [6.07, 6.45) is 6.77. The fourth-order valence-corrected chi connectivity index (χ4v) is 4.35. The molecule has 0 N–H and O–H groups in total. The van der Waals surface area contributed by atoms with Gasteiger partial charge in [-0.1, -0.05) is 12.8 Å². The molecule has 1 saturated heterocycles. The summed E-state index contributed by atoms with van der Waals surface area (Å²) >= 11 is 1.52. The summed E-state index contributed by atoms with van der Waals surface area (Å²) in [5, 5.41) is 2.78. The minimum absolute atomic E-state index is 0.168. The van der Waals surface area contributed by atoms with E-state index in [0.29, 0.717) is 19.6 Å². The van der Waals surface area contributed by atoms with Gasteiger partial charge >= 0.3 is 0 Å². The molecule has 0 bridgehead atoms. The molecule has 1 aliphatic carbocycles. The number of carbonyl (C=O) groups is 1. The van der Waals surface area contributed by atoms with E-state index in [1.54, 1.807) is 6.26 Å². The second-order valence-electron chi connectivity index (χ2n) is 6.15. The lowest BCUT2D eigenvalue weighted by Gasteiger charge is -2.43. The molecule has 122 valence electrons. The van der Waals surface area contributed by atoms with E-state index in [1.165, 1.54) is 24.2 Å². The lowest BCUT2D eigenvalue weighted by molar-refractivity contribution is -0.148. The Labute approximate surface area is 139 Å². The fourth-order valence-electron chi connectivity index (χ4n) is 3.56. The van der Waals surface area contributed by atoms with Gasteiger partial charge in [0.2, 0.25) is 5.91 Å². The van der Waals surface area contributed by atoms with Crippen molar-refractivity contribution in [3.05, 3.63) is 29.5 Å². The average Bonchev–Trinajstić information content (AvgIpc) is 3.25. The normalized spacial score (nSPS) is 24.4. The van der Waals surface area contributed by atoms with Crippen LogP contribution in [0.2, 0.25) is 0 Å². The number of carbonyl (C=O) groups excluding carboxylic acids is 1. The Morgan fingerprint density at radius 1 is 1.39 bits per heavy atom. The van der Waals surface area contributed by atoms with Crippen molar-refractivity contribution in [3.63, 3.8) is 0 Å². The first kappa shape index (κ1) is 14.9. The van der Waals surface area contributed by atoms with E-state index in [1.807, 2.05) is 22.4 Å². The summed E-state index contributed by atoms with van der Waals surface area (Å²) in [6, 6.07) is 3.99. The molecule has 5 nitrogen and oxygen atoms in total. The largest absolute Gasteiger partial charge is 0.462 e. The topological polar surface area (TPSA) is 55.6 Å². The Morgan fingerprint density at radius 3 is 3.17 bits per heavy atom. The summed E-state index contributed by atoms with van der Waals surface area (Å²) in [6.45, 7) is 1.36. The first-order valence-corrected chi connectivity index (χ1v) is 9.08. The van der Waals surface area contributed by atoms with Crippen molar-refractivity contribution in [1.82, 2.24) is 9.88 Å². The molecule has 2 aromatic rings. The molecule has 1 amide bonds. The van der Waals surface area contributed by atoms with Crippen LogP contribution in [-0.2, 0) is 16.0 Å². The van der Waals surface area contributed by atoms with Gasteiger partial charge in [0.25, 0.3) is 0 Å². The average molecular weight is 332 g/mol. The van der Waals surface area contributed by atoms with Crippen LogP contribution in [0.3, 0.4) is 0 Å². The number of hydrogen-bond donors (Lipinski definition) is 0. The first-order valence-electron chi connectivity index (χ1n) is 8.20. The van der Waals surface area contributed by atoms with Gasteiger partial charge in [-0.15, -0.1) is 11.3 Å². The van der Waals surface area contributed by atoms with Gasteiger partial charge in [0.15, 0.2) is 10.8 Å². The van der Waals surface area contributed by atoms with E-state index >= 15 is 0 Å². The van der Waals surface area contributed by atoms with Crippen LogP contribution in [0, 0.1) is 0 Å². The lowest BCUT2D eigenvalue weighted by Crippen LogP contribution is -2.55. The SMILES string of the molecule is O=C(Cc1csc(-c2ccco2)n1)N1CCOC2CCCCC21. The summed E-state index contributed by atoms with van der Waals surface area (Å²) in [4.78, 5) is 19.3. The highest BCUT2D eigenvalue weighted by molar-refractivity contribution is 7.13. The smallest absolute Gasteiger partial charge is 0.229 e. The van der Waals surface area contributed by atoms with Crippen LogP contribution in [0.4, 0.5) is 0 Å². The van der Waals surface area contributed by atoms with Crippen LogP contribution < -0.4 is 0 Å². The van der Waals surface area contributed by atoms with Crippen molar-refractivity contribution in [1.29, 1.82) is 0 Å². The zero-order chi connectivity index (χ0) is 15.6. The molecule has 2 aliphatic rings. The summed E-state index contributed by atoms with van der Waals surface area (Å²) in [5.41, 5.74) is 0.824. The Morgan fingerprint density at radius 2 is 2.30 bits per heavy atom. The van der Waals surface area contributed by atoms with E-state index in [9.17, 15) is 4.79 Å². The molecule has 2 fully saturated rings. The number of aromatic nitrogens is 1. The second-order valence-corrected chi connectivity index (χ2v) is 7.00. The van der Waals surface area contributed by atoms with Crippen molar-refractivity contribution in [2.45, 2.75) is 44.2 Å². The van der Waals surface area contributed by atoms with Gasteiger partial charge in [-0.25, -0.2) is 4.98 Å². The fraction of sp³-hybridized carbons (Fsp3) is 0.529. The van der Waals surface area contributed by atoms with E-state index < -0.39 is 0 Å². The minimum atomic E-state index is 0.168. The van der Waals surface area contributed by atoms with Gasteiger partial charge in [-0.2, -0.15) is 0 Å². The minimum Gasteiger partial charge on any atom is -0.462 e. The molecule has 2 unspecified atom stereocenters. The predicted molar refractivity (Wildman–Crippen MR) is 87.2 cm³/mol. The molecular formula is C17H20N2O3S. The summed E-state index contributed by atoms with van der Waals surface area (Å²) in [7, 11) is 0. The highest BCUT2D eigenvalue weighted by atomic mass is 32.1. The number of furan rings is 1. The number of thiazole rings is 1. The first-order chi connectivity index (χ1) is 11.3. The van der Waals surface area contributed by atoms with Gasteiger partial charge in [-0.3, -0.25) is 4.79 Å². The molecule has 0 radical (unpaired) electrons. The predicted octanol–water partition coefficient (Wildman–Crippen LogP) is 3.12. The van der Waals surface area contributed by atoms with Crippen LogP contribution in [0.25, 0.3) is 10.8 Å². The van der Waals surface area contributed by atoms with Crippen LogP contribution >= 0.6 is 11.3 Å². The van der Waals surface area contributed by atoms with Crippen LogP contribution in [0.15, 0.2) is 28.2 Å². The zero-order valence-electron chi connectivity index (χ0n) is 12.9. The lowest BCUT2D eigenvalue weighted by atomic mass is 9.90. The number of hydrogen-bond acceptors (Lipinski definition) is 5. The number of nitrogens with zero attached hydrogens (tertiary/aromatic N) is 2. The molecule has 4 rings (SSSR count). The summed E-state index contributed by atoms with van der Waals surface area (Å²) < 4.78 is 11.2. The number of ether oxygens (including phenoxy) is 1. The van der Waals surface area contributed by atoms with E-state index in [0.717, 1.165) is 29.3 Å². The number of morpholine rings is 1. The van der Waals surface area contributed by atoms with Gasteiger partial charge in [0.05, 0.1) is 37.1 Å². The van der Waals surface area contributed by atoms with E-state index in [4.69, 9.17) is 9.15 Å². The number of amides is 1. The molecule has 3 heterocycles. The van der Waals surface area contributed by atoms with Crippen LogP contribution in [0.1, 0.15) is 31.4 Å². The molecule has 0 spiro atoms. The molecule has 6 heteroatoms. The molecule has 1 saturated carbocycles. The van der Waals surface area contributed by atoms with Crippen molar-refractivity contribution in [3.8, 4) is 10.8 Å². The molecule has 2 atom stereocenters. The molecule has 2 aromatic heterocycles. The van der Waals surface area contributed by atoms with Crippen molar-refractivity contribution in [2.24, 2.45) is 0 Å². The summed E-state index contributed by atoms with van der Waals surface area (Å²) in [5.74, 6) is 0.925. The van der Waals surface area contributed by atoms with Crippen LogP contribution in [-0.4, -0.2) is 41.1 Å². The monoisotopic (exact) mass is 332 g/mol. The van der Waals surface area contributed by atoms with Gasteiger partial charge in [-0.05, 0) is 25.0 Å². The van der Waals surface area contributed by atoms with Crippen LogP contribution in [0.5, 0.6) is 0 Å². The number of rotatable bonds is 3. The van der Waals surface area contributed by atoms with Gasteiger partial charge in [0.1, 0.15) is 0 Å². The standard InChI is InChI=1S/C17H20N2O3S/c20-16(19-7-9-22-14-5-2-1-4-13(14)19)10-12-11-23-17(18-12)15-6-3-8-21-15/h3,6,8,11,13-14H,1-2,4-5,7,9-10H2. The molecule has 1 aliphatic heterocycles. The Kier molecular flexibility index (Phi) is 4.18. The second kappa shape index (κ2) is 6.45. The third-order valence-corrected chi connectivity index (χ3v) is 5.57. The van der Waals surface area contributed by atoms with E-state index in [2.05, 4.69) is 4.98 Å². The zero-order valence-corrected chi connectivity index (χ0v) is 13.8. The van der Waals surface area contributed by atoms with E-state index in [-0.39, 0.29) is 18.1 Å². The molecular weight excluding hydrogens is 312 g/mol. The maximum atomic E-state index is 12.7. The maximum Gasteiger partial charge on any atom is 0.229 e. The van der Waals surface area contributed by atoms with Crippen molar-refractivity contribution < 1.29 is 13.9 Å². The highest BCUT2D eigenvalue weighted by Gasteiger charge is 2.36. The maximum absolute atomic E-state index is 12.7.